The van der Waals surface area contributed by atoms with Gasteiger partial charge in [0.05, 0.1) is 18.6 Å². The highest BCUT2D eigenvalue weighted by atomic mass is 16.5. The van der Waals surface area contributed by atoms with Crippen molar-refractivity contribution in [3.8, 4) is 0 Å². The molecule has 2 rings (SSSR count). The minimum Gasteiger partial charge on any atom is -0.466 e. The van der Waals surface area contributed by atoms with Crippen molar-refractivity contribution in [2.45, 2.75) is 31.7 Å². The lowest BCUT2D eigenvalue weighted by molar-refractivity contribution is -0.146. The van der Waals surface area contributed by atoms with Crippen molar-refractivity contribution in [2.75, 3.05) is 19.7 Å². The van der Waals surface area contributed by atoms with E-state index >= 15 is 0 Å². The van der Waals surface area contributed by atoms with Crippen LogP contribution < -0.4 is 0 Å². The number of carbonyl (C=O) groups is 2. The van der Waals surface area contributed by atoms with Crippen LogP contribution >= 0.6 is 0 Å². The molecule has 1 saturated heterocycles. The quantitative estimate of drug-likeness (QED) is 0.493. The van der Waals surface area contributed by atoms with Gasteiger partial charge in [-0.2, -0.15) is 0 Å². The molecule has 1 aliphatic heterocycles. The van der Waals surface area contributed by atoms with Gasteiger partial charge < -0.3 is 9.53 Å². The fraction of sp³-hybridized carbons (Fsp3) is 0.818. The number of aldehydes is 1. The van der Waals surface area contributed by atoms with E-state index in [1.54, 1.807) is 0 Å². The van der Waals surface area contributed by atoms with Crippen LogP contribution in [0.3, 0.4) is 0 Å². The summed E-state index contributed by atoms with van der Waals surface area (Å²) in [4.78, 5) is 24.2. The average molecular weight is 211 g/mol. The molecule has 84 valence electrons. The molecule has 4 heteroatoms. The summed E-state index contributed by atoms with van der Waals surface area (Å²) in [6, 6.07) is 0. The van der Waals surface area contributed by atoms with Crippen molar-refractivity contribution in [3.63, 3.8) is 0 Å². The normalized spacial score (nSPS) is 24.3. The van der Waals surface area contributed by atoms with Gasteiger partial charge in [-0.05, 0) is 25.7 Å². The first kappa shape index (κ1) is 10.6. The number of hydrogen-bond donors (Lipinski definition) is 0. The molecule has 1 saturated carbocycles. The fourth-order valence-corrected chi connectivity index (χ4v) is 2.15. The highest BCUT2D eigenvalue weighted by Crippen LogP contribution is 2.43. The van der Waals surface area contributed by atoms with Gasteiger partial charge in [-0.3, -0.25) is 9.69 Å². The molecule has 0 aromatic heterocycles. The van der Waals surface area contributed by atoms with E-state index in [1.807, 2.05) is 6.92 Å². The highest BCUT2D eigenvalue weighted by Gasteiger charge is 2.52. The molecule has 0 aromatic rings. The summed E-state index contributed by atoms with van der Waals surface area (Å²) in [5.41, 5.74) is -0.148. The molecule has 4 nitrogen and oxygen atoms in total. The molecular formula is C11H17NO3. The Bertz CT molecular complexity index is 267. The monoisotopic (exact) mass is 211 g/mol. The van der Waals surface area contributed by atoms with E-state index in [-0.39, 0.29) is 11.5 Å². The number of likely N-dealkylation sites (tertiary alicyclic amines) is 1. The Hall–Kier alpha value is -0.900. The smallest absolute Gasteiger partial charge is 0.306 e. The van der Waals surface area contributed by atoms with E-state index in [4.69, 9.17) is 4.74 Å². The van der Waals surface area contributed by atoms with Crippen LogP contribution in [0.2, 0.25) is 0 Å². The molecule has 15 heavy (non-hydrogen) atoms. The zero-order chi connectivity index (χ0) is 10.9. The summed E-state index contributed by atoms with van der Waals surface area (Å²) >= 11 is 0. The van der Waals surface area contributed by atoms with Crippen LogP contribution in [0.15, 0.2) is 0 Å². The topological polar surface area (TPSA) is 46.6 Å². The molecule has 2 aliphatic rings. The lowest BCUT2D eigenvalue weighted by Crippen LogP contribution is -2.54. The minimum absolute atomic E-state index is 0.113. The van der Waals surface area contributed by atoms with Gasteiger partial charge in [-0.1, -0.05) is 0 Å². The Morgan fingerprint density at radius 3 is 2.67 bits per heavy atom. The number of carbonyl (C=O) groups excluding carboxylic acids is 2. The summed E-state index contributed by atoms with van der Waals surface area (Å²) in [5.74, 6) is 0.277. The number of nitrogens with zero attached hydrogens (tertiary/aromatic N) is 1. The predicted molar refractivity (Wildman–Crippen MR) is 54.3 cm³/mol. The third kappa shape index (κ3) is 2.04. The van der Waals surface area contributed by atoms with Crippen molar-refractivity contribution in [3.05, 3.63) is 0 Å². The number of hydrogen-bond acceptors (Lipinski definition) is 4. The number of rotatable bonds is 5. The molecular weight excluding hydrogens is 194 g/mol. The molecule has 0 amide bonds. The molecule has 2 fully saturated rings. The standard InChI is InChI=1S/C11H17NO3/c1-2-15-10(14)5-9-6-12(7-9)11(8-13)3-4-11/h8-9H,2-7H2,1H3. The third-order valence-electron chi connectivity index (χ3n) is 3.33. The summed E-state index contributed by atoms with van der Waals surface area (Å²) in [6.45, 7) is 4.01. The fourth-order valence-electron chi connectivity index (χ4n) is 2.15. The Morgan fingerprint density at radius 2 is 2.20 bits per heavy atom. The van der Waals surface area contributed by atoms with Gasteiger partial charge in [0.1, 0.15) is 6.29 Å². The maximum absolute atomic E-state index is 11.2. The number of esters is 1. The maximum atomic E-state index is 11.2. The Balaban J connectivity index is 1.70. The van der Waals surface area contributed by atoms with Crippen molar-refractivity contribution in [1.82, 2.24) is 4.90 Å². The van der Waals surface area contributed by atoms with E-state index in [0.717, 1.165) is 32.2 Å². The maximum Gasteiger partial charge on any atom is 0.306 e. The molecule has 1 aliphatic carbocycles. The third-order valence-corrected chi connectivity index (χ3v) is 3.33. The van der Waals surface area contributed by atoms with Crippen LogP contribution in [0, 0.1) is 5.92 Å². The van der Waals surface area contributed by atoms with Gasteiger partial charge in [-0.25, -0.2) is 0 Å². The van der Waals surface area contributed by atoms with E-state index in [9.17, 15) is 9.59 Å². The lowest BCUT2D eigenvalue weighted by Gasteiger charge is -2.42. The molecule has 0 bridgehead atoms. The van der Waals surface area contributed by atoms with Crippen molar-refractivity contribution in [2.24, 2.45) is 5.92 Å². The Morgan fingerprint density at radius 1 is 1.53 bits per heavy atom. The van der Waals surface area contributed by atoms with Gasteiger partial charge in [0.25, 0.3) is 0 Å². The van der Waals surface area contributed by atoms with Crippen LogP contribution in [0.5, 0.6) is 0 Å². The van der Waals surface area contributed by atoms with Crippen LogP contribution in [-0.4, -0.2) is 42.4 Å². The first-order chi connectivity index (χ1) is 7.20. The van der Waals surface area contributed by atoms with Gasteiger partial charge in [0, 0.05) is 13.1 Å². The predicted octanol–water partition coefficient (Wildman–Crippen LogP) is 0.603. The van der Waals surface area contributed by atoms with Crippen molar-refractivity contribution >= 4 is 12.3 Å². The first-order valence-electron chi connectivity index (χ1n) is 5.57. The van der Waals surface area contributed by atoms with Crippen molar-refractivity contribution in [1.29, 1.82) is 0 Å². The number of ether oxygens (including phenoxy) is 1. The average Bonchev–Trinajstić information content (AvgIpc) is 2.92. The molecule has 0 radical (unpaired) electrons. The largest absolute Gasteiger partial charge is 0.466 e. The van der Waals surface area contributed by atoms with Gasteiger partial charge in [-0.15, -0.1) is 0 Å². The zero-order valence-corrected chi connectivity index (χ0v) is 9.07. The van der Waals surface area contributed by atoms with Crippen LogP contribution in [0.1, 0.15) is 26.2 Å². The molecule has 1 heterocycles. The molecule has 0 unspecified atom stereocenters. The van der Waals surface area contributed by atoms with E-state index in [1.165, 1.54) is 0 Å². The van der Waals surface area contributed by atoms with E-state index in [2.05, 4.69) is 4.90 Å². The second kappa shape index (κ2) is 3.93. The van der Waals surface area contributed by atoms with Crippen molar-refractivity contribution < 1.29 is 14.3 Å². The SMILES string of the molecule is CCOC(=O)CC1CN(C2(C=O)CC2)C1. The molecule has 0 N–H and O–H groups in total. The van der Waals surface area contributed by atoms with Crippen LogP contribution in [0.4, 0.5) is 0 Å². The van der Waals surface area contributed by atoms with E-state index in [0.29, 0.717) is 18.9 Å². The summed E-state index contributed by atoms with van der Waals surface area (Å²) in [7, 11) is 0. The van der Waals surface area contributed by atoms with E-state index < -0.39 is 0 Å². The zero-order valence-electron chi connectivity index (χ0n) is 9.07. The Kier molecular flexibility index (Phi) is 2.78. The molecule has 0 atom stereocenters. The first-order valence-corrected chi connectivity index (χ1v) is 5.57. The minimum atomic E-state index is -0.148. The van der Waals surface area contributed by atoms with Gasteiger partial charge in [0.15, 0.2) is 0 Å². The second-order valence-electron chi connectivity index (χ2n) is 4.50. The lowest BCUT2D eigenvalue weighted by atomic mass is 9.94. The summed E-state index contributed by atoms with van der Waals surface area (Å²) in [5, 5.41) is 0. The molecule has 0 aromatic carbocycles. The summed E-state index contributed by atoms with van der Waals surface area (Å²) in [6.07, 6.45) is 3.54. The highest BCUT2D eigenvalue weighted by molar-refractivity contribution is 5.71. The van der Waals surface area contributed by atoms with Gasteiger partial charge in [0.2, 0.25) is 0 Å². The summed E-state index contributed by atoms with van der Waals surface area (Å²) < 4.78 is 4.88. The van der Waals surface area contributed by atoms with Crippen LogP contribution in [-0.2, 0) is 14.3 Å². The Labute approximate surface area is 89.6 Å². The second-order valence-corrected chi connectivity index (χ2v) is 4.50. The van der Waals surface area contributed by atoms with Gasteiger partial charge >= 0.3 is 5.97 Å². The molecule has 0 spiro atoms. The van der Waals surface area contributed by atoms with Crippen LogP contribution in [0.25, 0.3) is 0 Å².